The van der Waals surface area contributed by atoms with E-state index in [-0.39, 0.29) is 5.56 Å². The summed E-state index contributed by atoms with van der Waals surface area (Å²) < 4.78 is 0. The first kappa shape index (κ1) is 13.6. The number of aromatic amines is 1. The molecular weight excluding hydrogens is 238 g/mol. The van der Waals surface area contributed by atoms with Gasteiger partial charge in [0, 0.05) is 11.3 Å². The number of aromatic nitrogens is 1. The minimum Gasteiger partial charge on any atom is -0.386 e. The van der Waals surface area contributed by atoms with E-state index in [0.29, 0.717) is 5.56 Å². The van der Waals surface area contributed by atoms with Gasteiger partial charge in [-0.2, -0.15) is 0 Å². The van der Waals surface area contributed by atoms with E-state index in [1.54, 1.807) is 19.9 Å². The predicted molar refractivity (Wildman–Crippen MR) is 77.1 cm³/mol. The molecule has 1 aromatic carbocycles. The Kier molecular flexibility index (Phi) is 3.58. The number of H-pyrrole nitrogens is 1. The molecule has 0 radical (unpaired) electrons. The summed E-state index contributed by atoms with van der Waals surface area (Å²) in [7, 11) is 0. The highest BCUT2D eigenvalue weighted by Gasteiger charge is 2.19. The quantitative estimate of drug-likeness (QED) is 0.888. The average molecular weight is 257 g/mol. The lowest BCUT2D eigenvalue weighted by molar-refractivity contribution is 0.0771. The molecule has 0 aliphatic rings. The molecule has 0 saturated heterocycles. The van der Waals surface area contributed by atoms with Gasteiger partial charge in [-0.25, -0.2) is 0 Å². The van der Waals surface area contributed by atoms with E-state index in [1.807, 2.05) is 18.2 Å². The number of aryl methyl sites for hydroxylation is 1. The van der Waals surface area contributed by atoms with Gasteiger partial charge < -0.3 is 10.1 Å². The topological polar surface area (TPSA) is 53.1 Å². The maximum Gasteiger partial charge on any atom is 0.254 e. The minimum atomic E-state index is -1.13. The molecule has 1 heterocycles. The van der Waals surface area contributed by atoms with Crippen LogP contribution >= 0.6 is 0 Å². The number of hydrogen-bond acceptors (Lipinski definition) is 2. The zero-order valence-corrected chi connectivity index (χ0v) is 11.5. The molecule has 100 valence electrons. The first-order chi connectivity index (χ1) is 8.91. The van der Waals surface area contributed by atoms with E-state index in [0.717, 1.165) is 17.7 Å². The largest absolute Gasteiger partial charge is 0.386 e. The second-order valence-electron chi connectivity index (χ2n) is 5.22. The molecule has 2 rings (SSSR count). The average Bonchev–Trinajstić information content (AvgIpc) is 2.37. The van der Waals surface area contributed by atoms with E-state index in [4.69, 9.17) is 0 Å². The lowest BCUT2D eigenvalue weighted by Gasteiger charge is -2.16. The van der Waals surface area contributed by atoms with Crippen LogP contribution in [0.2, 0.25) is 0 Å². The van der Waals surface area contributed by atoms with Crippen molar-refractivity contribution in [1.82, 2.24) is 4.98 Å². The Morgan fingerprint density at radius 2 is 1.74 bits per heavy atom. The molecule has 0 aliphatic heterocycles. The summed E-state index contributed by atoms with van der Waals surface area (Å²) in [4.78, 5) is 14.8. The van der Waals surface area contributed by atoms with E-state index in [2.05, 4.69) is 24.0 Å². The standard InChI is InChI=1S/C16H19NO2/c1-4-11-5-7-12(8-6-11)14-10-9-13(15(18)17-14)16(2,3)19/h5-10,19H,4H2,1-3H3,(H,17,18). The summed E-state index contributed by atoms with van der Waals surface area (Å²) in [6.07, 6.45) is 0.994. The van der Waals surface area contributed by atoms with Crippen LogP contribution in [0.25, 0.3) is 11.3 Å². The molecular formula is C16H19NO2. The summed E-state index contributed by atoms with van der Waals surface area (Å²) in [5.74, 6) is 0. The Bertz CT molecular complexity index is 618. The Labute approximate surface area is 112 Å². The second-order valence-corrected chi connectivity index (χ2v) is 5.22. The number of pyridine rings is 1. The predicted octanol–water partition coefficient (Wildman–Crippen LogP) is 2.83. The Morgan fingerprint density at radius 1 is 1.11 bits per heavy atom. The number of rotatable bonds is 3. The molecule has 0 bridgehead atoms. The Hall–Kier alpha value is -1.87. The third-order valence-corrected chi connectivity index (χ3v) is 3.24. The molecule has 0 spiro atoms. The van der Waals surface area contributed by atoms with Crippen LogP contribution in [-0.2, 0) is 12.0 Å². The molecule has 19 heavy (non-hydrogen) atoms. The van der Waals surface area contributed by atoms with Crippen LogP contribution < -0.4 is 5.56 Å². The summed E-state index contributed by atoms with van der Waals surface area (Å²) in [6, 6.07) is 11.6. The highest BCUT2D eigenvalue weighted by Crippen LogP contribution is 2.20. The smallest absolute Gasteiger partial charge is 0.254 e. The van der Waals surface area contributed by atoms with Crippen LogP contribution in [0.5, 0.6) is 0 Å². The van der Waals surface area contributed by atoms with Crippen LogP contribution in [-0.4, -0.2) is 10.1 Å². The number of aliphatic hydroxyl groups is 1. The van der Waals surface area contributed by atoms with Crippen molar-refractivity contribution < 1.29 is 5.11 Å². The normalized spacial score (nSPS) is 11.6. The van der Waals surface area contributed by atoms with Crippen molar-refractivity contribution in [2.75, 3.05) is 0 Å². The second kappa shape index (κ2) is 5.02. The van der Waals surface area contributed by atoms with Crippen molar-refractivity contribution in [2.24, 2.45) is 0 Å². The molecule has 0 amide bonds. The molecule has 0 unspecified atom stereocenters. The molecule has 0 aliphatic carbocycles. The number of nitrogens with one attached hydrogen (secondary N) is 1. The zero-order valence-electron chi connectivity index (χ0n) is 11.5. The monoisotopic (exact) mass is 257 g/mol. The van der Waals surface area contributed by atoms with Crippen molar-refractivity contribution in [3.63, 3.8) is 0 Å². The van der Waals surface area contributed by atoms with Crippen LogP contribution in [0.4, 0.5) is 0 Å². The van der Waals surface area contributed by atoms with Gasteiger partial charge in [0.2, 0.25) is 0 Å². The van der Waals surface area contributed by atoms with Gasteiger partial charge in [0.15, 0.2) is 0 Å². The summed E-state index contributed by atoms with van der Waals surface area (Å²) in [5, 5.41) is 9.88. The molecule has 1 aromatic heterocycles. The van der Waals surface area contributed by atoms with Crippen LogP contribution in [0.15, 0.2) is 41.2 Å². The minimum absolute atomic E-state index is 0.246. The molecule has 0 fully saturated rings. The first-order valence-electron chi connectivity index (χ1n) is 6.47. The molecule has 2 N–H and O–H groups in total. The fourth-order valence-electron chi connectivity index (χ4n) is 2.04. The third-order valence-electron chi connectivity index (χ3n) is 3.24. The van der Waals surface area contributed by atoms with Gasteiger partial charge in [0.05, 0.1) is 5.60 Å². The van der Waals surface area contributed by atoms with Gasteiger partial charge >= 0.3 is 0 Å². The van der Waals surface area contributed by atoms with Gasteiger partial charge in [-0.15, -0.1) is 0 Å². The summed E-state index contributed by atoms with van der Waals surface area (Å²) in [5.41, 5.74) is 2.00. The number of hydrogen-bond donors (Lipinski definition) is 2. The fraction of sp³-hybridized carbons (Fsp3) is 0.312. The van der Waals surface area contributed by atoms with Crippen molar-refractivity contribution >= 4 is 0 Å². The summed E-state index contributed by atoms with van der Waals surface area (Å²) in [6.45, 7) is 5.32. The summed E-state index contributed by atoms with van der Waals surface area (Å²) >= 11 is 0. The first-order valence-corrected chi connectivity index (χ1v) is 6.47. The van der Waals surface area contributed by atoms with Crippen molar-refractivity contribution in [3.05, 3.63) is 57.9 Å². The molecule has 3 nitrogen and oxygen atoms in total. The van der Waals surface area contributed by atoms with Gasteiger partial charge in [-0.3, -0.25) is 4.79 Å². The lowest BCUT2D eigenvalue weighted by atomic mass is 9.99. The highest BCUT2D eigenvalue weighted by molar-refractivity contribution is 5.59. The number of benzene rings is 1. The Morgan fingerprint density at radius 3 is 2.21 bits per heavy atom. The van der Waals surface area contributed by atoms with Crippen LogP contribution in [0, 0.1) is 0 Å². The van der Waals surface area contributed by atoms with E-state index < -0.39 is 5.60 Å². The Balaban J connectivity index is 2.41. The van der Waals surface area contributed by atoms with Gasteiger partial charge in [-0.05, 0) is 43.5 Å². The lowest BCUT2D eigenvalue weighted by Crippen LogP contribution is -2.26. The van der Waals surface area contributed by atoms with Crippen LogP contribution in [0.1, 0.15) is 31.9 Å². The van der Waals surface area contributed by atoms with Gasteiger partial charge in [-0.1, -0.05) is 31.2 Å². The van der Waals surface area contributed by atoms with E-state index in [9.17, 15) is 9.90 Å². The SMILES string of the molecule is CCc1ccc(-c2ccc(C(C)(C)O)c(=O)[nH]2)cc1. The van der Waals surface area contributed by atoms with E-state index >= 15 is 0 Å². The third kappa shape index (κ3) is 2.93. The fourth-order valence-corrected chi connectivity index (χ4v) is 2.04. The highest BCUT2D eigenvalue weighted by atomic mass is 16.3. The van der Waals surface area contributed by atoms with E-state index in [1.165, 1.54) is 5.56 Å². The van der Waals surface area contributed by atoms with Crippen molar-refractivity contribution in [3.8, 4) is 11.3 Å². The molecule has 3 heteroatoms. The van der Waals surface area contributed by atoms with Gasteiger partial charge in [0.25, 0.3) is 5.56 Å². The molecule has 2 aromatic rings. The van der Waals surface area contributed by atoms with Crippen LogP contribution in [0.3, 0.4) is 0 Å². The maximum absolute atomic E-state index is 12.0. The molecule has 0 saturated carbocycles. The zero-order chi connectivity index (χ0) is 14.0. The van der Waals surface area contributed by atoms with Gasteiger partial charge in [0.1, 0.15) is 0 Å². The molecule has 0 atom stereocenters. The maximum atomic E-state index is 12.0. The van der Waals surface area contributed by atoms with Crippen molar-refractivity contribution in [1.29, 1.82) is 0 Å². The van der Waals surface area contributed by atoms with Crippen molar-refractivity contribution in [2.45, 2.75) is 32.8 Å².